The highest BCUT2D eigenvalue weighted by molar-refractivity contribution is 5.92. The minimum atomic E-state index is -0.443. The Hall–Kier alpha value is -3.29. The Kier molecular flexibility index (Phi) is 6.78. The summed E-state index contributed by atoms with van der Waals surface area (Å²) in [4.78, 5) is 22.3. The van der Waals surface area contributed by atoms with Crippen LogP contribution >= 0.6 is 0 Å². The second-order valence-electron chi connectivity index (χ2n) is 5.45. The Morgan fingerprint density at radius 1 is 1.12 bits per heavy atom. The predicted molar refractivity (Wildman–Crippen MR) is 99.0 cm³/mol. The van der Waals surface area contributed by atoms with Gasteiger partial charge in [-0.15, -0.1) is 0 Å². The van der Waals surface area contributed by atoms with Crippen LogP contribution in [0.2, 0.25) is 0 Å². The number of nitro groups is 1. The maximum absolute atomic E-state index is 12.1. The van der Waals surface area contributed by atoms with Crippen LogP contribution in [0.15, 0.2) is 42.5 Å². The highest BCUT2D eigenvalue weighted by Crippen LogP contribution is 2.29. The van der Waals surface area contributed by atoms with Crippen molar-refractivity contribution in [3.63, 3.8) is 0 Å². The van der Waals surface area contributed by atoms with Gasteiger partial charge in [0.1, 0.15) is 11.5 Å². The molecule has 138 valence electrons. The molecule has 0 radical (unpaired) electrons. The van der Waals surface area contributed by atoms with E-state index in [0.29, 0.717) is 36.6 Å². The number of carbonyl (C=O) groups is 1. The van der Waals surface area contributed by atoms with Crippen molar-refractivity contribution in [2.24, 2.45) is 0 Å². The molecule has 26 heavy (non-hydrogen) atoms. The molecule has 0 atom stereocenters. The summed E-state index contributed by atoms with van der Waals surface area (Å²) in [7, 11) is 3.09. The van der Waals surface area contributed by atoms with Gasteiger partial charge in [0.05, 0.1) is 24.8 Å². The molecule has 0 aromatic heterocycles. The van der Waals surface area contributed by atoms with Crippen LogP contribution in [0.5, 0.6) is 11.5 Å². The summed E-state index contributed by atoms with van der Waals surface area (Å²) < 4.78 is 10.4. The highest BCUT2D eigenvalue weighted by atomic mass is 16.6. The van der Waals surface area contributed by atoms with Crippen molar-refractivity contribution in [3.8, 4) is 11.5 Å². The van der Waals surface area contributed by atoms with Crippen molar-refractivity contribution < 1.29 is 19.2 Å². The molecule has 8 heteroatoms. The SMILES string of the molecule is COc1ccc(OC)c(NC(=O)CCCNc2ccc([N+](=O)[O-])cc2)c1. The van der Waals surface area contributed by atoms with Gasteiger partial charge in [-0.3, -0.25) is 14.9 Å². The molecule has 0 aliphatic carbocycles. The fourth-order valence-electron chi connectivity index (χ4n) is 2.31. The number of methoxy groups -OCH3 is 2. The van der Waals surface area contributed by atoms with Crippen molar-refractivity contribution in [3.05, 3.63) is 52.6 Å². The van der Waals surface area contributed by atoms with Gasteiger partial charge in [-0.05, 0) is 30.7 Å². The largest absolute Gasteiger partial charge is 0.497 e. The molecule has 0 spiro atoms. The van der Waals surface area contributed by atoms with Gasteiger partial charge in [-0.25, -0.2) is 0 Å². The molecule has 8 nitrogen and oxygen atoms in total. The Labute approximate surface area is 151 Å². The molecule has 2 aromatic carbocycles. The van der Waals surface area contributed by atoms with Gasteiger partial charge < -0.3 is 20.1 Å². The van der Waals surface area contributed by atoms with E-state index in [1.165, 1.54) is 19.2 Å². The molecule has 0 saturated heterocycles. The number of benzene rings is 2. The monoisotopic (exact) mass is 359 g/mol. The molecule has 2 N–H and O–H groups in total. The first-order valence-corrected chi connectivity index (χ1v) is 8.03. The Bertz CT molecular complexity index is 762. The fraction of sp³-hybridized carbons (Fsp3) is 0.278. The van der Waals surface area contributed by atoms with Crippen LogP contribution in [0.1, 0.15) is 12.8 Å². The molecular weight excluding hydrogens is 338 g/mol. The zero-order valence-electron chi connectivity index (χ0n) is 14.7. The normalized spacial score (nSPS) is 10.1. The number of nitrogens with one attached hydrogen (secondary N) is 2. The van der Waals surface area contributed by atoms with Crippen molar-refractivity contribution in [2.45, 2.75) is 12.8 Å². The number of rotatable bonds is 9. The minimum Gasteiger partial charge on any atom is -0.497 e. The number of hydrogen-bond donors (Lipinski definition) is 2. The van der Waals surface area contributed by atoms with Crippen molar-refractivity contribution in [1.82, 2.24) is 0 Å². The summed E-state index contributed by atoms with van der Waals surface area (Å²) in [6.07, 6.45) is 0.926. The topological polar surface area (TPSA) is 103 Å². The lowest BCUT2D eigenvalue weighted by Crippen LogP contribution is -2.14. The average Bonchev–Trinajstić information content (AvgIpc) is 2.65. The number of hydrogen-bond acceptors (Lipinski definition) is 6. The molecule has 1 amide bonds. The number of anilines is 2. The molecule has 0 unspecified atom stereocenters. The average molecular weight is 359 g/mol. The third-order valence-electron chi connectivity index (χ3n) is 3.67. The zero-order valence-corrected chi connectivity index (χ0v) is 14.7. The van der Waals surface area contributed by atoms with E-state index in [2.05, 4.69) is 10.6 Å². The highest BCUT2D eigenvalue weighted by Gasteiger charge is 2.09. The molecular formula is C18H21N3O5. The van der Waals surface area contributed by atoms with E-state index >= 15 is 0 Å². The quantitative estimate of drug-likeness (QED) is 0.404. The second kappa shape index (κ2) is 9.26. The van der Waals surface area contributed by atoms with Gasteiger partial charge in [0, 0.05) is 36.9 Å². The summed E-state index contributed by atoms with van der Waals surface area (Å²) in [5.74, 6) is 1.05. The van der Waals surface area contributed by atoms with Gasteiger partial charge >= 0.3 is 0 Å². The summed E-state index contributed by atoms with van der Waals surface area (Å²) in [6, 6.07) is 11.3. The first-order chi connectivity index (χ1) is 12.5. The number of ether oxygens (including phenoxy) is 2. The number of non-ortho nitro benzene ring substituents is 1. The minimum absolute atomic E-state index is 0.0437. The van der Waals surface area contributed by atoms with E-state index in [-0.39, 0.29) is 11.6 Å². The van der Waals surface area contributed by atoms with E-state index in [4.69, 9.17) is 9.47 Å². The van der Waals surface area contributed by atoms with Crippen molar-refractivity contribution in [1.29, 1.82) is 0 Å². The number of carbonyl (C=O) groups excluding carboxylic acids is 1. The molecule has 2 rings (SSSR count). The van der Waals surface area contributed by atoms with Gasteiger partial charge in [0.15, 0.2) is 0 Å². The predicted octanol–water partition coefficient (Wildman–Crippen LogP) is 3.44. The van der Waals surface area contributed by atoms with E-state index in [1.807, 2.05) is 0 Å². The maximum atomic E-state index is 12.1. The summed E-state index contributed by atoms with van der Waals surface area (Å²) in [5, 5.41) is 16.5. The van der Waals surface area contributed by atoms with Gasteiger partial charge in [0.2, 0.25) is 5.91 Å². The standard InChI is InChI=1S/C18H21N3O5/c1-25-15-9-10-17(26-2)16(12-15)20-18(22)4-3-11-19-13-5-7-14(8-6-13)21(23)24/h5-10,12,19H,3-4,11H2,1-2H3,(H,20,22). The fourth-order valence-corrected chi connectivity index (χ4v) is 2.31. The lowest BCUT2D eigenvalue weighted by atomic mass is 10.2. The Morgan fingerprint density at radius 3 is 2.46 bits per heavy atom. The summed E-state index contributed by atoms with van der Waals surface area (Å²) in [5.41, 5.74) is 1.37. The molecule has 0 saturated carbocycles. The van der Waals surface area contributed by atoms with Gasteiger partial charge in [0.25, 0.3) is 5.69 Å². The third-order valence-corrected chi connectivity index (χ3v) is 3.67. The van der Waals surface area contributed by atoms with E-state index in [9.17, 15) is 14.9 Å². The van der Waals surface area contributed by atoms with Gasteiger partial charge in [-0.2, -0.15) is 0 Å². The lowest BCUT2D eigenvalue weighted by molar-refractivity contribution is -0.384. The van der Waals surface area contributed by atoms with E-state index < -0.39 is 4.92 Å². The molecule has 0 fully saturated rings. The first kappa shape index (κ1) is 19.0. The molecule has 2 aromatic rings. The maximum Gasteiger partial charge on any atom is 0.269 e. The van der Waals surface area contributed by atoms with E-state index in [0.717, 1.165) is 5.69 Å². The lowest BCUT2D eigenvalue weighted by Gasteiger charge is -2.12. The Balaban J connectivity index is 1.79. The molecule has 0 aliphatic heterocycles. The van der Waals surface area contributed by atoms with Crippen LogP contribution in [0.3, 0.4) is 0 Å². The van der Waals surface area contributed by atoms with Gasteiger partial charge in [-0.1, -0.05) is 0 Å². The zero-order chi connectivity index (χ0) is 18.9. The van der Waals surface area contributed by atoms with Crippen LogP contribution in [-0.2, 0) is 4.79 Å². The third kappa shape index (κ3) is 5.37. The van der Waals surface area contributed by atoms with Crippen molar-refractivity contribution in [2.75, 3.05) is 31.4 Å². The number of nitrogens with zero attached hydrogens (tertiary/aromatic N) is 1. The van der Waals surface area contributed by atoms with Crippen LogP contribution in [0, 0.1) is 10.1 Å². The first-order valence-electron chi connectivity index (χ1n) is 8.03. The Morgan fingerprint density at radius 2 is 1.85 bits per heavy atom. The molecule has 0 bridgehead atoms. The summed E-state index contributed by atoms with van der Waals surface area (Å²) in [6.45, 7) is 0.570. The smallest absolute Gasteiger partial charge is 0.269 e. The number of nitro benzene ring substituents is 1. The van der Waals surface area contributed by atoms with Crippen LogP contribution < -0.4 is 20.1 Å². The summed E-state index contributed by atoms with van der Waals surface area (Å²) >= 11 is 0. The van der Waals surface area contributed by atoms with Crippen LogP contribution in [0.4, 0.5) is 17.1 Å². The second-order valence-corrected chi connectivity index (χ2v) is 5.45. The van der Waals surface area contributed by atoms with Crippen molar-refractivity contribution >= 4 is 23.0 Å². The number of amides is 1. The van der Waals surface area contributed by atoms with E-state index in [1.54, 1.807) is 37.4 Å². The van der Waals surface area contributed by atoms with Crippen LogP contribution in [-0.4, -0.2) is 31.6 Å². The van der Waals surface area contributed by atoms with Crippen LogP contribution in [0.25, 0.3) is 0 Å². The molecule has 0 heterocycles. The molecule has 0 aliphatic rings.